The summed E-state index contributed by atoms with van der Waals surface area (Å²) in [6, 6.07) is 0. The molecule has 2 nitrogen and oxygen atoms in total. The Morgan fingerprint density at radius 3 is 1.86 bits per heavy atom. The molecule has 2 heteroatoms. The van der Waals surface area contributed by atoms with E-state index < -0.39 is 5.97 Å². The molecule has 0 spiro atoms. The van der Waals surface area contributed by atoms with Gasteiger partial charge >= 0.3 is 5.97 Å². The second-order valence-electron chi connectivity index (χ2n) is 5.72. The summed E-state index contributed by atoms with van der Waals surface area (Å²) in [5, 5.41) is 9.21. The van der Waals surface area contributed by atoms with Gasteiger partial charge in [-0.05, 0) is 62.2 Å². The molecule has 3 atom stereocenters. The molecule has 0 heterocycles. The van der Waals surface area contributed by atoms with Crippen LogP contribution in [0.4, 0.5) is 0 Å². The molecule has 4 rings (SSSR count). The van der Waals surface area contributed by atoms with Gasteiger partial charge in [-0.3, -0.25) is 4.79 Å². The maximum absolute atomic E-state index is 11.2. The quantitative estimate of drug-likeness (QED) is 0.696. The van der Waals surface area contributed by atoms with Gasteiger partial charge in [-0.2, -0.15) is 0 Å². The van der Waals surface area contributed by atoms with Crippen molar-refractivity contribution < 1.29 is 9.90 Å². The lowest BCUT2D eigenvalue weighted by Gasteiger charge is -2.38. The predicted molar refractivity (Wildman–Crippen MR) is 52.8 cm³/mol. The highest BCUT2D eigenvalue weighted by atomic mass is 16.4. The second kappa shape index (κ2) is 2.98. The van der Waals surface area contributed by atoms with Crippen LogP contribution in [0.3, 0.4) is 0 Å². The molecule has 1 N–H and O–H groups in total. The molecule has 0 aliphatic heterocycles. The van der Waals surface area contributed by atoms with E-state index in [0.717, 1.165) is 24.2 Å². The number of hydrogen-bond donors (Lipinski definition) is 1. The number of rotatable bonds is 1. The molecule has 14 heavy (non-hydrogen) atoms. The molecule has 0 saturated heterocycles. The van der Waals surface area contributed by atoms with Crippen molar-refractivity contribution in [1.82, 2.24) is 0 Å². The van der Waals surface area contributed by atoms with Crippen molar-refractivity contribution in [3.8, 4) is 0 Å². The largest absolute Gasteiger partial charge is 0.481 e. The third kappa shape index (κ3) is 1.27. The minimum atomic E-state index is -0.525. The maximum Gasteiger partial charge on any atom is 0.306 e. The minimum Gasteiger partial charge on any atom is -0.481 e. The summed E-state index contributed by atoms with van der Waals surface area (Å²) in [5.74, 6) is 2.48. The van der Waals surface area contributed by atoms with Crippen molar-refractivity contribution in [1.29, 1.82) is 0 Å². The van der Waals surface area contributed by atoms with Crippen molar-refractivity contribution in [2.24, 2.45) is 29.6 Å². The molecule has 4 fully saturated rings. The average Bonchev–Trinajstić information content (AvgIpc) is 2.30. The summed E-state index contributed by atoms with van der Waals surface area (Å²) in [7, 11) is 0. The van der Waals surface area contributed by atoms with Crippen LogP contribution in [0.15, 0.2) is 0 Å². The van der Waals surface area contributed by atoms with Crippen LogP contribution < -0.4 is 0 Å². The Bertz CT molecular complexity index is 247. The zero-order chi connectivity index (χ0) is 9.71. The Morgan fingerprint density at radius 2 is 1.36 bits per heavy atom. The van der Waals surface area contributed by atoms with Crippen LogP contribution in [0.2, 0.25) is 0 Å². The van der Waals surface area contributed by atoms with E-state index in [1.54, 1.807) is 0 Å². The van der Waals surface area contributed by atoms with E-state index in [4.69, 9.17) is 0 Å². The molecule has 4 saturated carbocycles. The van der Waals surface area contributed by atoms with Crippen LogP contribution >= 0.6 is 0 Å². The molecule has 4 aliphatic rings. The summed E-state index contributed by atoms with van der Waals surface area (Å²) in [6.07, 6.45) is 7.47. The van der Waals surface area contributed by atoms with Gasteiger partial charge in [0.1, 0.15) is 0 Å². The van der Waals surface area contributed by atoms with Crippen LogP contribution in [-0.2, 0) is 4.79 Å². The highest BCUT2D eigenvalue weighted by molar-refractivity contribution is 5.70. The fourth-order valence-electron chi connectivity index (χ4n) is 4.42. The normalized spacial score (nSPS) is 50.4. The van der Waals surface area contributed by atoms with Gasteiger partial charge in [0.05, 0.1) is 5.92 Å². The van der Waals surface area contributed by atoms with E-state index in [2.05, 4.69) is 0 Å². The van der Waals surface area contributed by atoms with Crippen LogP contribution in [0.5, 0.6) is 0 Å². The van der Waals surface area contributed by atoms with E-state index >= 15 is 0 Å². The lowest BCUT2D eigenvalue weighted by molar-refractivity contribution is -0.144. The molecule has 0 amide bonds. The van der Waals surface area contributed by atoms with Gasteiger partial charge in [0.2, 0.25) is 0 Å². The molecule has 78 valence electrons. The van der Waals surface area contributed by atoms with Crippen LogP contribution in [0.25, 0.3) is 0 Å². The molecule has 4 aliphatic carbocycles. The summed E-state index contributed by atoms with van der Waals surface area (Å²) >= 11 is 0. The van der Waals surface area contributed by atoms with E-state index in [0.29, 0.717) is 5.92 Å². The number of carboxylic acids is 1. The molecule has 0 aromatic carbocycles. The smallest absolute Gasteiger partial charge is 0.306 e. The van der Waals surface area contributed by atoms with Crippen LogP contribution in [0.1, 0.15) is 38.5 Å². The zero-order valence-electron chi connectivity index (χ0n) is 8.48. The van der Waals surface area contributed by atoms with Crippen LogP contribution in [0, 0.1) is 29.6 Å². The van der Waals surface area contributed by atoms with Gasteiger partial charge in [-0.25, -0.2) is 0 Å². The number of carboxylic acid groups (broad SMARTS) is 1. The van der Waals surface area contributed by atoms with Gasteiger partial charge in [0.25, 0.3) is 0 Å². The first-order valence-corrected chi connectivity index (χ1v) is 5.95. The monoisotopic (exact) mass is 194 g/mol. The molecule has 0 aromatic heterocycles. The van der Waals surface area contributed by atoms with Gasteiger partial charge in [-0.1, -0.05) is 0 Å². The van der Waals surface area contributed by atoms with E-state index in [1.165, 1.54) is 32.1 Å². The second-order valence-corrected chi connectivity index (χ2v) is 5.72. The average molecular weight is 194 g/mol. The summed E-state index contributed by atoms with van der Waals surface area (Å²) in [5.41, 5.74) is 0. The number of carbonyl (C=O) groups is 1. The van der Waals surface area contributed by atoms with Crippen LogP contribution in [-0.4, -0.2) is 11.1 Å². The molecule has 0 radical (unpaired) electrons. The molecule has 0 aromatic rings. The summed E-state index contributed by atoms with van der Waals surface area (Å²) in [4.78, 5) is 11.2. The zero-order valence-corrected chi connectivity index (χ0v) is 8.48. The highest BCUT2D eigenvalue weighted by Gasteiger charge is 2.45. The predicted octanol–water partition coefficient (Wildman–Crippen LogP) is 2.53. The molecular formula is C12H18O2. The van der Waals surface area contributed by atoms with Crippen molar-refractivity contribution >= 4 is 5.97 Å². The molecule has 3 unspecified atom stereocenters. The Kier molecular flexibility index (Phi) is 1.86. The van der Waals surface area contributed by atoms with Gasteiger partial charge in [-0.15, -0.1) is 0 Å². The summed E-state index contributed by atoms with van der Waals surface area (Å²) in [6.45, 7) is 0. The van der Waals surface area contributed by atoms with Gasteiger partial charge in [0.15, 0.2) is 0 Å². The fourth-order valence-corrected chi connectivity index (χ4v) is 4.42. The first-order chi connectivity index (χ1) is 6.72. The lowest BCUT2D eigenvalue weighted by Crippen LogP contribution is -2.29. The minimum absolute atomic E-state index is 0.00435. The standard InChI is InChI=1S/C12H18O2/c13-12(14)11-6-9-2-7-1-8(3-9)5-10(11)4-7/h7-11H,1-6H2,(H,13,14). The van der Waals surface area contributed by atoms with E-state index in [9.17, 15) is 9.90 Å². The number of hydrogen-bond acceptors (Lipinski definition) is 1. The van der Waals surface area contributed by atoms with E-state index in [-0.39, 0.29) is 5.92 Å². The van der Waals surface area contributed by atoms with Crippen molar-refractivity contribution in [2.75, 3.05) is 0 Å². The number of fused-ring (bicyclic) bond motifs is 1. The Balaban J connectivity index is 1.89. The Labute approximate surface area is 84.7 Å². The topological polar surface area (TPSA) is 37.3 Å². The first kappa shape index (κ1) is 8.75. The third-order valence-electron chi connectivity index (χ3n) is 4.75. The van der Waals surface area contributed by atoms with Crippen molar-refractivity contribution in [3.05, 3.63) is 0 Å². The Morgan fingerprint density at radius 1 is 0.857 bits per heavy atom. The maximum atomic E-state index is 11.2. The summed E-state index contributed by atoms with van der Waals surface area (Å²) < 4.78 is 0. The van der Waals surface area contributed by atoms with Gasteiger partial charge < -0.3 is 5.11 Å². The SMILES string of the molecule is O=C(O)C1CC2CC3CC(C2)CC1C3. The number of aliphatic carboxylic acids is 1. The van der Waals surface area contributed by atoms with E-state index in [1.807, 2.05) is 0 Å². The van der Waals surface area contributed by atoms with Gasteiger partial charge in [0, 0.05) is 0 Å². The Hall–Kier alpha value is -0.530. The molecular weight excluding hydrogens is 176 g/mol. The highest BCUT2D eigenvalue weighted by Crippen LogP contribution is 2.53. The van der Waals surface area contributed by atoms with Crippen molar-refractivity contribution in [2.45, 2.75) is 38.5 Å². The first-order valence-electron chi connectivity index (χ1n) is 5.95. The third-order valence-corrected chi connectivity index (χ3v) is 4.75. The fraction of sp³-hybridized carbons (Fsp3) is 0.917. The molecule has 4 bridgehead atoms. The lowest BCUT2D eigenvalue weighted by atomic mass is 9.67. The van der Waals surface area contributed by atoms with Crippen molar-refractivity contribution in [3.63, 3.8) is 0 Å².